The standard InChI is InChI=1S/C21H29NO3/c1-4-24-20-10-7-8-17(14-20)12-13-18-9-5-6-11-21(18)25-16-19(23)15-22(2)3/h5-11,14,19,23H,4,12-13,15-16H2,1-3H3. The Balaban J connectivity index is 1.95. The van der Waals surface area contributed by atoms with Crippen LogP contribution in [0.5, 0.6) is 11.5 Å². The van der Waals surface area contributed by atoms with Crippen molar-refractivity contribution in [3.63, 3.8) is 0 Å². The van der Waals surface area contributed by atoms with Crippen LogP contribution < -0.4 is 9.47 Å². The molecule has 0 amide bonds. The number of nitrogens with zero attached hydrogens (tertiary/aromatic N) is 1. The van der Waals surface area contributed by atoms with E-state index in [9.17, 15) is 5.11 Å². The van der Waals surface area contributed by atoms with Gasteiger partial charge in [-0.3, -0.25) is 0 Å². The average Bonchev–Trinajstić information content (AvgIpc) is 2.59. The molecule has 1 N–H and O–H groups in total. The molecule has 4 nitrogen and oxygen atoms in total. The van der Waals surface area contributed by atoms with Crippen molar-refractivity contribution in [1.82, 2.24) is 4.90 Å². The normalized spacial score (nSPS) is 12.2. The molecule has 2 rings (SSSR count). The third-order valence-corrected chi connectivity index (χ3v) is 3.87. The lowest BCUT2D eigenvalue weighted by Crippen LogP contribution is -2.30. The first-order valence-corrected chi connectivity index (χ1v) is 8.83. The molecule has 0 spiro atoms. The minimum Gasteiger partial charge on any atom is -0.494 e. The summed E-state index contributed by atoms with van der Waals surface area (Å²) in [6.45, 7) is 3.56. The predicted octanol–water partition coefficient (Wildman–Crippen LogP) is 3.17. The molecule has 1 unspecified atom stereocenters. The first kappa shape index (κ1) is 19.3. The Morgan fingerprint density at radius 3 is 2.56 bits per heavy atom. The molecule has 0 aliphatic carbocycles. The van der Waals surface area contributed by atoms with Crippen molar-refractivity contribution in [3.8, 4) is 11.5 Å². The van der Waals surface area contributed by atoms with Gasteiger partial charge in [0, 0.05) is 6.54 Å². The maximum Gasteiger partial charge on any atom is 0.122 e. The van der Waals surface area contributed by atoms with E-state index in [4.69, 9.17) is 9.47 Å². The molecule has 136 valence electrons. The molecule has 0 aliphatic heterocycles. The predicted molar refractivity (Wildman–Crippen MR) is 102 cm³/mol. The second-order valence-electron chi connectivity index (χ2n) is 6.42. The average molecular weight is 343 g/mol. The van der Waals surface area contributed by atoms with E-state index < -0.39 is 6.10 Å². The number of ether oxygens (including phenoxy) is 2. The third-order valence-electron chi connectivity index (χ3n) is 3.87. The summed E-state index contributed by atoms with van der Waals surface area (Å²) in [5.41, 5.74) is 2.40. The minimum absolute atomic E-state index is 0.301. The Morgan fingerprint density at radius 1 is 1.00 bits per heavy atom. The highest BCUT2D eigenvalue weighted by Crippen LogP contribution is 2.21. The first-order chi connectivity index (χ1) is 12.1. The lowest BCUT2D eigenvalue weighted by molar-refractivity contribution is 0.0827. The third kappa shape index (κ3) is 6.77. The fourth-order valence-corrected chi connectivity index (χ4v) is 2.75. The van der Waals surface area contributed by atoms with Gasteiger partial charge in [0.15, 0.2) is 0 Å². The van der Waals surface area contributed by atoms with E-state index in [2.05, 4.69) is 18.2 Å². The number of hydrogen-bond donors (Lipinski definition) is 1. The van der Waals surface area contributed by atoms with Crippen molar-refractivity contribution in [1.29, 1.82) is 0 Å². The van der Waals surface area contributed by atoms with E-state index in [-0.39, 0.29) is 0 Å². The van der Waals surface area contributed by atoms with E-state index in [0.29, 0.717) is 19.8 Å². The van der Waals surface area contributed by atoms with Gasteiger partial charge in [0.2, 0.25) is 0 Å². The number of aliphatic hydroxyl groups excluding tert-OH is 1. The minimum atomic E-state index is -0.495. The van der Waals surface area contributed by atoms with Crippen LogP contribution in [0.4, 0.5) is 0 Å². The van der Waals surface area contributed by atoms with Gasteiger partial charge in [0.05, 0.1) is 6.61 Å². The van der Waals surface area contributed by atoms with E-state index in [1.165, 1.54) is 5.56 Å². The molecule has 0 fully saturated rings. The second-order valence-corrected chi connectivity index (χ2v) is 6.42. The topological polar surface area (TPSA) is 41.9 Å². The quantitative estimate of drug-likeness (QED) is 0.719. The van der Waals surface area contributed by atoms with Crippen molar-refractivity contribution < 1.29 is 14.6 Å². The first-order valence-electron chi connectivity index (χ1n) is 8.83. The van der Waals surface area contributed by atoms with Gasteiger partial charge >= 0.3 is 0 Å². The Morgan fingerprint density at radius 2 is 1.80 bits per heavy atom. The summed E-state index contributed by atoms with van der Waals surface area (Å²) >= 11 is 0. The molecule has 0 bridgehead atoms. The van der Waals surface area contributed by atoms with E-state index in [0.717, 1.165) is 29.9 Å². The number of para-hydroxylation sites is 1. The van der Waals surface area contributed by atoms with Crippen molar-refractivity contribution in [3.05, 3.63) is 59.7 Å². The molecule has 0 aromatic heterocycles. The van der Waals surface area contributed by atoms with Crippen LogP contribution >= 0.6 is 0 Å². The SMILES string of the molecule is CCOc1cccc(CCc2ccccc2OCC(O)CN(C)C)c1. The van der Waals surface area contributed by atoms with Crippen LogP contribution in [0.25, 0.3) is 0 Å². The molecular weight excluding hydrogens is 314 g/mol. The number of rotatable bonds is 10. The van der Waals surface area contributed by atoms with Crippen LogP contribution in [0.1, 0.15) is 18.1 Å². The lowest BCUT2D eigenvalue weighted by atomic mass is 10.0. The highest BCUT2D eigenvalue weighted by atomic mass is 16.5. The molecule has 2 aromatic carbocycles. The highest BCUT2D eigenvalue weighted by molar-refractivity contribution is 5.35. The zero-order chi connectivity index (χ0) is 18.1. The Bertz CT molecular complexity index is 643. The number of aryl methyl sites for hydroxylation is 2. The lowest BCUT2D eigenvalue weighted by Gasteiger charge is -2.18. The van der Waals surface area contributed by atoms with Crippen molar-refractivity contribution in [2.24, 2.45) is 0 Å². The van der Waals surface area contributed by atoms with Crippen LogP contribution in [0.2, 0.25) is 0 Å². The molecular formula is C21H29NO3. The summed E-state index contributed by atoms with van der Waals surface area (Å²) in [5, 5.41) is 9.98. The van der Waals surface area contributed by atoms with Gasteiger partial charge in [-0.1, -0.05) is 30.3 Å². The zero-order valence-corrected chi connectivity index (χ0v) is 15.4. The molecule has 25 heavy (non-hydrogen) atoms. The molecule has 4 heteroatoms. The molecule has 0 saturated carbocycles. The van der Waals surface area contributed by atoms with E-state index in [1.807, 2.05) is 56.3 Å². The van der Waals surface area contributed by atoms with Crippen LogP contribution in [0.15, 0.2) is 48.5 Å². The number of benzene rings is 2. The largest absolute Gasteiger partial charge is 0.494 e. The second kappa shape index (κ2) is 10.1. The van der Waals surface area contributed by atoms with Gasteiger partial charge in [-0.05, 0) is 63.2 Å². The molecule has 0 radical (unpaired) electrons. The van der Waals surface area contributed by atoms with E-state index in [1.54, 1.807) is 0 Å². The Hall–Kier alpha value is -2.04. The smallest absolute Gasteiger partial charge is 0.122 e. The number of likely N-dealkylation sites (N-methyl/N-ethyl adjacent to an activating group) is 1. The molecule has 1 atom stereocenters. The highest BCUT2D eigenvalue weighted by Gasteiger charge is 2.09. The van der Waals surface area contributed by atoms with Crippen LogP contribution in [-0.4, -0.2) is 50.0 Å². The van der Waals surface area contributed by atoms with Crippen molar-refractivity contribution in [2.75, 3.05) is 33.9 Å². The van der Waals surface area contributed by atoms with E-state index >= 15 is 0 Å². The maximum atomic E-state index is 9.98. The fraction of sp³-hybridized carbons (Fsp3) is 0.429. The fourth-order valence-electron chi connectivity index (χ4n) is 2.75. The monoisotopic (exact) mass is 343 g/mol. The van der Waals surface area contributed by atoms with Crippen molar-refractivity contribution in [2.45, 2.75) is 25.9 Å². The Labute approximate surface area is 151 Å². The van der Waals surface area contributed by atoms with Crippen LogP contribution in [-0.2, 0) is 12.8 Å². The van der Waals surface area contributed by atoms with Gasteiger partial charge in [0.25, 0.3) is 0 Å². The summed E-state index contributed by atoms with van der Waals surface area (Å²) in [6.07, 6.45) is 1.31. The van der Waals surface area contributed by atoms with Gasteiger partial charge in [-0.15, -0.1) is 0 Å². The van der Waals surface area contributed by atoms with Gasteiger partial charge in [0.1, 0.15) is 24.2 Å². The van der Waals surface area contributed by atoms with Gasteiger partial charge in [-0.2, -0.15) is 0 Å². The summed E-state index contributed by atoms with van der Waals surface area (Å²) < 4.78 is 11.4. The van der Waals surface area contributed by atoms with Crippen LogP contribution in [0.3, 0.4) is 0 Å². The van der Waals surface area contributed by atoms with Gasteiger partial charge in [-0.25, -0.2) is 0 Å². The number of hydrogen-bond acceptors (Lipinski definition) is 4. The molecule has 0 saturated heterocycles. The zero-order valence-electron chi connectivity index (χ0n) is 15.4. The van der Waals surface area contributed by atoms with Crippen LogP contribution in [0, 0.1) is 0 Å². The van der Waals surface area contributed by atoms with Crippen molar-refractivity contribution >= 4 is 0 Å². The molecule has 0 heterocycles. The summed E-state index contributed by atoms with van der Waals surface area (Å²) in [6, 6.07) is 16.3. The number of aliphatic hydroxyl groups is 1. The molecule has 2 aromatic rings. The maximum absolute atomic E-state index is 9.98. The molecule has 0 aliphatic rings. The Kier molecular flexibility index (Phi) is 7.76. The summed E-state index contributed by atoms with van der Waals surface area (Å²) in [4.78, 5) is 1.95. The van der Waals surface area contributed by atoms with Gasteiger partial charge < -0.3 is 19.5 Å². The summed E-state index contributed by atoms with van der Waals surface area (Å²) in [7, 11) is 3.88. The summed E-state index contributed by atoms with van der Waals surface area (Å²) in [5.74, 6) is 1.76.